The highest BCUT2D eigenvalue weighted by Crippen LogP contribution is 2.34. The first kappa shape index (κ1) is 12.9. The molecular formula is C14H12N2O3S. The molecule has 0 saturated heterocycles. The minimum Gasteiger partial charge on any atom is -0.468 e. The Hall–Kier alpha value is -2.08. The first-order valence-electron chi connectivity index (χ1n) is 6.07. The van der Waals surface area contributed by atoms with Gasteiger partial charge in [0.25, 0.3) is 0 Å². The van der Waals surface area contributed by atoms with Crippen LogP contribution in [0.1, 0.15) is 6.92 Å². The van der Waals surface area contributed by atoms with Gasteiger partial charge in [-0.15, -0.1) is 0 Å². The zero-order valence-electron chi connectivity index (χ0n) is 11.0. The minimum absolute atomic E-state index is 0.294. The number of carbonyl (C=O) groups excluding carboxylic acids is 1. The van der Waals surface area contributed by atoms with Gasteiger partial charge in [-0.1, -0.05) is 23.9 Å². The number of hydrogen-bond donors (Lipinski definition) is 0. The molecule has 102 valence electrons. The summed E-state index contributed by atoms with van der Waals surface area (Å²) in [5.74, 6) is -0.294. The molecule has 0 amide bonds. The predicted octanol–water partition coefficient (Wildman–Crippen LogP) is 3.03. The van der Waals surface area contributed by atoms with Gasteiger partial charge in [-0.3, -0.25) is 4.79 Å². The Morgan fingerprint density at radius 3 is 2.95 bits per heavy atom. The van der Waals surface area contributed by atoms with Gasteiger partial charge >= 0.3 is 5.97 Å². The lowest BCUT2D eigenvalue weighted by molar-refractivity contribution is -0.139. The van der Waals surface area contributed by atoms with E-state index in [1.54, 1.807) is 6.92 Å². The molecule has 0 aliphatic heterocycles. The number of esters is 1. The molecule has 2 aromatic heterocycles. The van der Waals surface area contributed by atoms with Crippen molar-refractivity contribution in [3.05, 3.63) is 30.6 Å². The van der Waals surface area contributed by atoms with E-state index in [4.69, 9.17) is 9.15 Å². The summed E-state index contributed by atoms with van der Waals surface area (Å²) in [4.78, 5) is 20.0. The molecular weight excluding hydrogens is 276 g/mol. The third kappa shape index (κ3) is 2.12. The van der Waals surface area contributed by atoms with Crippen molar-refractivity contribution < 1.29 is 13.9 Å². The van der Waals surface area contributed by atoms with Crippen LogP contribution >= 0.6 is 11.8 Å². The first-order chi connectivity index (χ1) is 9.70. The van der Waals surface area contributed by atoms with E-state index < -0.39 is 0 Å². The lowest BCUT2D eigenvalue weighted by Crippen LogP contribution is -2.14. The molecule has 5 nitrogen and oxygen atoms in total. The fraction of sp³-hybridized carbons (Fsp3) is 0.214. The van der Waals surface area contributed by atoms with Crippen LogP contribution in [0, 0.1) is 0 Å². The summed E-state index contributed by atoms with van der Waals surface area (Å²) in [6.07, 6.45) is 1.48. The lowest BCUT2D eigenvalue weighted by Gasteiger charge is -2.07. The average Bonchev–Trinajstić information content (AvgIpc) is 2.86. The van der Waals surface area contributed by atoms with Crippen LogP contribution in [0.5, 0.6) is 0 Å². The van der Waals surface area contributed by atoms with Crippen molar-refractivity contribution in [3.63, 3.8) is 0 Å². The molecule has 3 rings (SSSR count). The normalized spacial score (nSPS) is 12.7. The number of hydrogen-bond acceptors (Lipinski definition) is 6. The van der Waals surface area contributed by atoms with Gasteiger partial charge in [0.1, 0.15) is 27.7 Å². The standard InChI is InChI=1S/C14H12N2O3S/c1-8(14(17)18-2)20-13-12-11(15-7-16-13)9-5-3-4-6-10(9)19-12/h3-8H,1-2H3. The van der Waals surface area contributed by atoms with Crippen LogP contribution in [0.4, 0.5) is 0 Å². The molecule has 1 aromatic carbocycles. The third-order valence-corrected chi connectivity index (χ3v) is 4.01. The third-order valence-electron chi connectivity index (χ3n) is 2.95. The summed E-state index contributed by atoms with van der Waals surface area (Å²) < 4.78 is 10.5. The van der Waals surface area contributed by atoms with Gasteiger partial charge in [0.05, 0.1) is 7.11 Å². The Balaban J connectivity index is 2.10. The van der Waals surface area contributed by atoms with Crippen molar-refractivity contribution in [1.82, 2.24) is 9.97 Å². The molecule has 6 heteroatoms. The molecule has 0 bridgehead atoms. The molecule has 0 aliphatic rings. The van der Waals surface area contributed by atoms with E-state index in [0.717, 1.165) is 16.5 Å². The second-order valence-electron chi connectivity index (χ2n) is 4.24. The average molecular weight is 288 g/mol. The van der Waals surface area contributed by atoms with E-state index in [1.807, 2.05) is 24.3 Å². The number of fused-ring (bicyclic) bond motifs is 3. The van der Waals surface area contributed by atoms with Crippen molar-refractivity contribution in [2.45, 2.75) is 17.2 Å². The van der Waals surface area contributed by atoms with Gasteiger partial charge in [0.2, 0.25) is 0 Å². The Morgan fingerprint density at radius 1 is 1.35 bits per heavy atom. The maximum atomic E-state index is 11.5. The topological polar surface area (TPSA) is 65.2 Å². The van der Waals surface area contributed by atoms with Gasteiger partial charge < -0.3 is 9.15 Å². The molecule has 0 spiro atoms. The van der Waals surface area contributed by atoms with Crippen LogP contribution in [-0.2, 0) is 9.53 Å². The molecule has 1 unspecified atom stereocenters. The van der Waals surface area contributed by atoms with Crippen molar-refractivity contribution in [1.29, 1.82) is 0 Å². The molecule has 0 fully saturated rings. The number of aromatic nitrogens is 2. The summed E-state index contributed by atoms with van der Waals surface area (Å²) in [6, 6.07) is 7.67. The number of methoxy groups -OCH3 is 1. The molecule has 20 heavy (non-hydrogen) atoms. The number of para-hydroxylation sites is 1. The van der Waals surface area contributed by atoms with E-state index in [0.29, 0.717) is 10.6 Å². The summed E-state index contributed by atoms with van der Waals surface area (Å²) in [5.41, 5.74) is 2.13. The summed E-state index contributed by atoms with van der Waals surface area (Å²) >= 11 is 1.30. The number of carbonyl (C=O) groups is 1. The minimum atomic E-state index is -0.355. The van der Waals surface area contributed by atoms with Crippen LogP contribution in [0.15, 0.2) is 40.0 Å². The number of furan rings is 1. The quantitative estimate of drug-likeness (QED) is 0.419. The monoisotopic (exact) mass is 288 g/mol. The summed E-state index contributed by atoms with van der Waals surface area (Å²) in [5, 5.41) is 1.23. The molecule has 0 radical (unpaired) electrons. The van der Waals surface area contributed by atoms with Gasteiger partial charge in [0, 0.05) is 5.39 Å². The Bertz CT molecular complexity index is 784. The second kappa shape index (κ2) is 5.13. The number of ether oxygens (including phenoxy) is 1. The van der Waals surface area contributed by atoms with Gasteiger partial charge in [-0.2, -0.15) is 0 Å². The first-order valence-corrected chi connectivity index (χ1v) is 6.95. The number of thioether (sulfide) groups is 1. The summed E-state index contributed by atoms with van der Waals surface area (Å²) in [7, 11) is 1.37. The van der Waals surface area contributed by atoms with E-state index in [9.17, 15) is 4.79 Å². The smallest absolute Gasteiger partial charge is 0.318 e. The molecule has 1 atom stereocenters. The highest BCUT2D eigenvalue weighted by atomic mass is 32.2. The molecule has 2 heterocycles. The van der Waals surface area contributed by atoms with Crippen molar-refractivity contribution in [2.24, 2.45) is 0 Å². The second-order valence-corrected chi connectivity index (χ2v) is 5.57. The largest absolute Gasteiger partial charge is 0.468 e. The summed E-state index contributed by atoms with van der Waals surface area (Å²) in [6.45, 7) is 1.77. The fourth-order valence-corrected chi connectivity index (χ4v) is 2.85. The Morgan fingerprint density at radius 2 is 2.15 bits per heavy atom. The maximum Gasteiger partial charge on any atom is 0.318 e. The van der Waals surface area contributed by atoms with E-state index >= 15 is 0 Å². The Labute approximate surface area is 119 Å². The van der Waals surface area contributed by atoms with Crippen LogP contribution < -0.4 is 0 Å². The number of benzene rings is 1. The van der Waals surface area contributed by atoms with Gasteiger partial charge in [-0.25, -0.2) is 9.97 Å². The molecule has 0 N–H and O–H groups in total. The van der Waals surface area contributed by atoms with Gasteiger partial charge in [0.15, 0.2) is 5.58 Å². The van der Waals surface area contributed by atoms with Crippen molar-refractivity contribution in [3.8, 4) is 0 Å². The van der Waals surface area contributed by atoms with Crippen molar-refractivity contribution in [2.75, 3.05) is 7.11 Å². The lowest BCUT2D eigenvalue weighted by atomic mass is 10.2. The maximum absolute atomic E-state index is 11.5. The molecule has 0 aliphatic carbocycles. The van der Waals surface area contributed by atoms with Crippen LogP contribution in [0.3, 0.4) is 0 Å². The predicted molar refractivity (Wildman–Crippen MR) is 76.6 cm³/mol. The zero-order chi connectivity index (χ0) is 14.1. The van der Waals surface area contributed by atoms with Crippen LogP contribution in [0.25, 0.3) is 22.1 Å². The fourth-order valence-electron chi connectivity index (χ4n) is 1.97. The molecule has 0 saturated carbocycles. The van der Waals surface area contributed by atoms with Crippen LogP contribution in [-0.4, -0.2) is 28.3 Å². The van der Waals surface area contributed by atoms with Gasteiger partial charge in [-0.05, 0) is 19.1 Å². The van der Waals surface area contributed by atoms with E-state index in [1.165, 1.54) is 25.2 Å². The highest BCUT2D eigenvalue weighted by molar-refractivity contribution is 8.00. The van der Waals surface area contributed by atoms with Crippen LogP contribution in [0.2, 0.25) is 0 Å². The number of nitrogens with zero attached hydrogens (tertiary/aromatic N) is 2. The van der Waals surface area contributed by atoms with Crippen molar-refractivity contribution >= 4 is 39.8 Å². The van der Waals surface area contributed by atoms with E-state index in [2.05, 4.69) is 9.97 Å². The Kier molecular flexibility index (Phi) is 3.31. The molecule has 3 aromatic rings. The zero-order valence-corrected chi connectivity index (χ0v) is 11.8. The SMILES string of the molecule is COC(=O)C(C)Sc1ncnc2c1oc1ccccc12. The highest BCUT2D eigenvalue weighted by Gasteiger charge is 2.20. The van der Waals surface area contributed by atoms with E-state index in [-0.39, 0.29) is 11.2 Å². The number of rotatable bonds is 3.